The van der Waals surface area contributed by atoms with Crippen LogP contribution < -0.4 is 18.9 Å². The summed E-state index contributed by atoms with van der Waals surface area (Å²) >= 11 is 0. The van der Waals surface area contributed by atoms with Gasteiger partial charge in [-0.05, 0) is 35.9 Å². The first kappa shape index (κ1) is 15.1. The first-order chi connectivity index (χ1) is 12.7. The van der Waals surface area contributed by atoms with Gasteiger partial charge in [-0.25, -0.2) is 5.01 Å². The van der Waals surface area contributed by atoms with E-state index in [0.717, 1.165) is 28.3 Å². The number of hydrogen-bond acceptors (Lipinski definition) is 6. The van der Waals surface area contributed by atoms with E-state index in [9.17, 15) is 4.79 Å². The van der Waals surface area contributed by atoms with Crippen LogP contribution in [0.1, 0.15) is 30.5 Å². The second-order valence-corrected chi connectivity index (χ2v) is 6.31. The maximum Gasteiger partial charge on any atom is 0.240 e. The van der Waals surface area contributed by atoms with Crippen LogP contribution >= 0.6 is 0 Å². The Bertz CT molecular complexity index is 940. The molecular weight excluding hydrogens is 336 g/mol. The summed E-state index contributed by atoms with van der Waals surface area (Å²) in [6.07, 6.45) is 0.610. The zero-order chi connectivity index (χ0) is 17.7. The number of amides is 1. The highest BCUT2D eigenvalue weighted by Crippen LogP contribution is 2.40. The number of carbonyl (C=O) groups excluding carboxylic acids is 1. The topological polar surface area (TPSA) is 69.6 Å². The number of fused-ring (bicyclic) bond motifs is 2. The summed E-state index contributed by atoms with van der Waals surface area (Å²) in [6, 6.07) is 11.3. The fourth-order valence-corrected chi connectivity index (χ4v) is 3.43. The van der Waals surface area contributed by atoms with Crippen LogP contribution in [0.25, 0.3) is 0 Å². The number of benzene rings is 2. The number of hydrazone groups is 1. The van der Waals surface area contributed by atoms with Gasteiger partial charge in [0.1, 0.15) is 0 Å². The van der Waals surface area contributed by atoms with Gasteiger partial charge in [-0.3, -0.25) is 4.79 Å². The standard InChI is InChI=1S/C19H16N2O5/c1-11(22)21-15(13-3-5-17-19(7-13)26-10-24-17)8-14(20-21)12-2-4-16-18(6-12)25-9-23-16/h2-7,15H,8-10H2,1H3/t15-/m1/s1. The van der Waals surface area contributed by atoms with E-state index < -0.39 is 0 Å². The van der Waals surface area contributed by atoms with E-state index in [0.29, 0.717) is 17.9 Å². The number of ether oxygens (including phenoxy) is 4. The van der Waals surface area contributed by atoms with Crippen LogP contribution in [0.2, 0.25) is 0 Å². The second-order valence-electron chi connectivity index (χ2n) is 6.31. The molecule has 0 aliphatic carbocycles. The summed E-state index contributed by atoms with van der Waals surface area (Å²) in [7, 11) is 0. The molecule has 7 nitrogen and oxygen atoms in total. The number of hydrogen-bond donors (Lipinski definition) is 0. The molecule has 3 aliphatic rings. The molecule has 0 unspecified atom stereocenters. The molecule has 1 amide bonds. The summed E-state index contributed by atoms with van der Waals surface area (Å²) in [6.45, 7) is 1.97. The Morgan fingerprint density at radius 1 is 0.962 bits per heavy atom. The van der Waals surface area contributed by atoms with E-state index in [2.05, 4.69) is 5.10 Å². The van der Waals surface area contributed by atoms with E-state index in [-0.39, 0.29) is 25.5 Å². The molecule has 0 radical (unpaired) electrons. The van der Waals surface area contributed by atoms with Crippen molar-refractivity contribution in [3.05, 3.63) is 47.5 Å². The highest BCUT2D eigenvalue weighted by atomic mass is 16.7. The largest absolute Gasteiger partial charge is 0.454 e. The quantitative estimate of drug-likeness (QED) is 0.831. The van der Waals surface area contributed by atoms with Crippen molar-refractivity contribution in [2.24, 2.45) is 5.10 Å². The summed E-state index contributed by atoms with van der Waals surface area (Å²) in [5.41, 5.74) is 2.72. The lowest BCUT2D eigenvalue weighted by Crippen LogP contribution is -2.24. The van der Waals surface area contributed by atoms with E-state index in [1.165, 1.54) is 11.9 Å². The van der Waals surface area contributed by atoms with Crippen molar-refractivity contribution in [1.29, 1.82) is 0 Å². The van der Waals surface area contributed by atoms with Crippen LogP contribution in [0.5, 0.6) is 23.0 Å². The Labute approximate surface area is 149 Å². The molecule has 0 N–H and O–H groups in total. The average Bonchev–Trinajstić information content (AvgIpc) is 3.38. The van der Waals surface area contributed by atoms with Gasteiger partial charge in [-0.2, -0.15) is 5.10 Å². The zero-order valence-electron chi connectivity index (χ0n) is 14.1. The maximum atomic E-state index is 12.1. The molecule has 2 aromatic rings. The van der Waals surface area contributed by atoms with Crippen LogP contribution in [-0.2, 0) is 4.79 Å². The van der Waals surface area contributed by atoms with Gasteiger partial charge < -0.3 is 18.9 Å². The van der Waals surface area contributed by atoms with E-state index >= 15 is 0 Å². The van der Waals surface area contributed by atoms with E-state index in [1.54, 1.807) is 0 Å². The molecule has 1 atom stereocenters. The maximum absolute atomic E-state index is 12.1. The molecule has 0 bridgehead atoms. The first-order valence-corrected chi connectivity index (χ1v) is 8.36. The minimum atomic E-state index is -0.178. The van der Waals surface area contributed by atoms with Gasteiger partial charge in [-0.15, -0.1) is 0 Å². The van der Waals surface area contributed by atoms with Gasteiger partial charge in [0, 0.05) is 18.9 Å². The summed E-state index contributed by atoms with van der Waals surface area (Å²) in [5, 5.41) is 6.09. The van der Waals surface area contributed by atoms with Crippen molar-refractivity contribution in [3.63, 3.8) is 0 Å². The molecule has 3 aliphatic heterocycles. The highest BCUT2D eigenvalue weighted by Gasteiger charge is 2.33. The minimum Gasteiger partial charge on any atom is -0.454 e. The first-order valence-electron chi connectivity index (χ1n) is 8.36. The fourth-order valence-electron chi connectivity index (χ4n) is 3.43. The van der Waals surface area contributed by atoms with Gasteiger partial charge in [0.25, 0.3) is 0 Å². The Morgan fingerprint density at radius 3 is 2.35 bits per heavy atom. The van der Waals surface area contributed by atoms with Crippen LogP contribution in [0.4, 0.5) is 0 Å². The Balaban J connectivity index is 1.48. The molecular formula is C19H16N2O5. The van der Waals surface area contributed by atoms with E-state index in [4.69, 9.17) is 18.9 Å². The molecule has 0 aromatic heterocycles. The SMILES string of the molecule is CC(=O)N1N=C(c2ccc3c(c2)OCO3)C[C@@H]1c1ccc2c(c1)OCO2. The molecule has 7 heteroatoms. The molecule has 3 heterocycles. The van der Waals surface area contributed by atoms with Gasteiger partial charge in [0.15, 0.2) is 23.0 Å². The van der Waals surface area contributed by atoms with Gasteiger partial charge >= 0.3 is 0 Å². The Morgan fingerprint density at radius 2 is 1.62 bits per heavy atom. The Hall–Kier alpha value is -3.22. The number of rotatable bonds is 2. The molecule has 132 valence electrons. The van der Waals surface area contributed by atoms with Crippen molar-refractivity contribution < 1.29 is 23.7 Å². The van der Waals surface area contributed by atoms with Crippen molar-refractivity contribution in [1.82, 2.24) is 5.01 Å². The zero-order valence-corrected chi connectivity index (χ0v) is 14.1. The van der Waals surface area contributed by atoms with Crippen LogP contribution in [0.15, 0.2) is 41.5 Å². The predicted octanol–water partition coefficient (Wildman–Crippen LogP) is 2.84. The van der Waals surface area contributed by atoms with E-state index in [1.807, 2.05) is 36.4 Å². The molecule has 0 saturated heterocycles. The monoisotopic (exact) mass is 352 g/mol. The van der Waals surface area contributed by atoms with Crippen molar-refractivity contribution >= 4 is 11.6 Å². The third kappa shape index (κ3) is 2.35. The summed E-state index contributed by atoms with van der Waals surface area (Å²) in [4.78, 5) is 12.1. The van der Waals surface area contributed by atoms with Gasteiger partial charge in [0.05, 0.1) is 11.8 Å². The lowest BCUT2D eigenvalue weighted by Gasteiger charge is -2.20. The van der Waals surface area contributed by atoms with Crippen LogP contribution in [-0.4, -0.2) is 30.2 Å². The summed E-state index contributed by atoms with van der Waals surface area (Å²) < 4.78 is 21.6. The molecule has 2 aromatic carbocycles. The van der Waals surface area contributed by atoms with Gasteiger partial charge in [-0.1, -0.05) is 6.07 Å². The molecule has 0 spiro atoms. The third-order valence-electron chi connectivity index (χ3n) is 4.72. The molecule has 26 heavy (non-hydrogen) atoms. The highest BCUT2D eigenvalue weighted by molar-refractivity contribution is 6.03. The van der Waals surface area contributed by atoms with Crippen LogP contribution in [0, 0.1) is 0 Å². The lowest BCUT2D eigenvalue weighted by atomic mass is 9.98. The van der Waals surface area contributed by atoms with Crippen molar-refractivity contribution in [3.8, 4) is 23.0 Å². The number of carbonyl (C=O) groups is 1. The third-order valence-corrected chi connectivity index (χ3v) is 4.72. The van der Waals surface area contributed by atoms with Gasteiger partial charge in [0.2, 0.25) is 19.5 Å². The smallest absolute Gasteiger partial charge is 0.240 e. The number of nitrogens with zero attached hydrogens (tertiary/aromatic N) is 2. The molecule has 0 fully saturated rings. The molecule has 0 saturated carbocycles. The second kappa shape index (κ2) is 5.66. The van der Waals surface area contributed by atoms with Crippen molar-refractivity contribution in [2.75, 3.05) is 13.6 Å². The minimum absolute atomic E-state index is 0.108. The molecule has 5 rings (SSSR count). The van der Waals surface area contributed by atoms with Crippen LogP contribution in [0.3, 0.4) is 0 Å². The predicted molar refractivity (Wildman–Crippen MR) is 91.5 cm³/mol. The van der Waals surface area contributed by atoms with Crippen molar-refractivity contribution in [2.45, 2.75) is 19.4 Å². The normalized spacial score (nSPS) is 19.7. The fraction of sp³-hybridized carbons (Fsp3) is 0.263. The summed E-state index contributed by atoms with van der Waals surface area (Å²) in [5.74, 6) is 2.73. The average molecular weight is 352 g/mol. The Kier molecular flexibility index (Phi) is 3.28. The lowest BCUT2D eigenvalue weighted by molar-refractivity contribution is -0.130.